The molecule has 0 aliphatic carbocycles. The minimum absolute atomic E-state index is 0.0333. The maximum atomic E-state index is 12.4. The van der Waals surface area contributed by atoms with Crippen molar-refractivity contribution in [3.05, 3.63) is 12.2 Å². The van der Waals surface area contributed by atoms with Gasteiger partial charge in [-0.25, -0.2) is 0 Å². The maximum absolute atomic E-state index is 12.4. The molecule has 0 bridgehead atoms. The van der Waals surface area contributed by atoms with Crippen molar-refractivity contribution in [3.8, 4) is 0 Å². The molecule has 0 spiro atoms. The van der Waals surface area contributed by atoms with E-state index in [9.17, 15) is 15.0 Å². The molecule has 3 N–H and O–H groups in total. The summed E-state index contributed by atoms with van der Waals surface area (Å²) >= 11 is 0. The van der Waals surface area contributed by atoms with Crippen molar-refractivity contribution >= 4 is 5.91 Å². The SMILES string of the molecule is CCCCCCCCCCCCC/C=C\CCCCCCCCCC(=O)NC(CO)C(O)CCCCCCCCCCCCCCCC. The van der Waals surface area contributed by atoms with E-state index in [1.54, 1.807) is 0 Å². The molecule has 2 unspecified atom stereocenters. The molecule has 0 aliphatic rings. The third-order valence-electron chi connectivity index (χ3n) is 10.3. The molecule has 0 saturated heterocycles. The van der Waals surface area contributed by atoms with Crippen LogP contribution in [-0.4, -0.2) is 34.9 Å². The van der Waals surface area contributed by atoms with Gasteiger partial charge in [-0.3, -0.25) is 4.79 Å². The largest absolute Gasteiger partial charge is 0.394 e. The smallest absolute Gasteiger partial charge is 0.220 e. The first kappa shape index (κ1) is 47.1. The first-order valence-corrected chi connectivity index (χ1v) is 21.9. The van der Waals surface area contributed by atoms with Crippen LogP contribution in [0, 0.1) is 0 Å². The second kappa shape index (κ2) is 40.6. The molecule has 48 heavy (non-hydrogen) atoms. The number of hydrogen-bond acceptors (Lipinski definition) is 3. The van der Waals surface area contributed by atoms with Crippen LogP contribution in [0.25, 0.3) is 0 Å². The van der Waals surface area contributed by atoms with Crippen molar-refractivity contribution in [3.63, 3.8) is 0 Å². The van der Waals surface area contributed by atoms with Crippen LogP contribution in [0.5, 0.6) is 0 Å². The van der Waals surface area contributed by atoms with E-state index in [4.69, 9.17) is 0 Å². The Morgan fingerprint density at radius 1 is 0.479 bits per heavy atom. The van der Waals surface area contributed by atoms with E-state index in [0.717, 1.165) is 25.7 Å². The lowest BCUT2D eigenvalue weighted by Crippen LogP contribution is -2.45. The van der Waals surface area contributed by atoms with Crippen molar-refractivity contribution in [2.24, 2.45) is 0 Å². The number of carbonyl (C=O) groups excluding carboxylic acids is 1. The van der Waals surface area contributed by atoms with Gasteiger partial charge in [0.15, 0.2) is 0 Å². The summed E-state index contributed by atoms with van der Waals surface area (Å²) in [4.78, 5) is 12.4. The number of allylic oxidation sites excluding steroid dienone is 2. The molecule has 0 aliphatic heterocycles. The Morgan fingerprint density at radius 2 is 0.792 bits per heavy atom. The monoisotopic (exact) mass is 678 g/mol. The molecule has 0 heterocycles. The standard InChI is InChI=1S/C44H87NO3/c1-3-5-7-9-11-13-15-17-19-20-21-22-23-24-25-26-28-30-32-34-36-38-40-44(48)45-42(41-46)43(47)39-37-35-33-31-29-27-18-16-14-12-10-8-6-4-2/h23-24,42-43,46-47H,3-22,25-41H2,1-2H3,(H,45,48)/b24-23-. The minimum Gasteiger partial charge on any atom is -0.394 e. The fraction of sp³-hybridized carbons (Fsp3) is 0.932. The summed E-state index contributed by atoms with van der Waals surface area (Å²) < 4.78 is 0. The van der Waals surface area contributed by atoms with Crippen LogP contribution in [0.1, 0.15) is 245 Å². The Morgan fingerprint density at radius 3 is 1.15 bits per heavy atom. The molecule has 286 valence electrons. The topological polar surface area (TPSA) is 69.6 Å². The zero-order valence-electron chi connectivity index (χ0n) is 32.8. The van der Waals surface area contributed by atoms with Gasteiger partial charge in [0.05, 0.1) is 18.8 Å². The first-order valence-electron chi connectivity index (χ1n) is 21.9. The molecule has 0 fully saturated rings. The van der Waals surface area contributed by atoms with Crippen LogP contribution in [0.4, 0.5) is 0 Å². The van der Waals surface area contributed by atoms with Gasteiger partial charge < -0.3 is 15.5 Å². The molecule has 0 rings (SSSR count). The molecule has 0 saturated carbocycles. The number of unbranched alkanes of at least 4 members (excludes halogenated alkanes) is 31. The van der Waals surface area contributed by atoms with E-state index in [0.29, 0.717) is 12.8 Å². The number of hydrogen-bond donors (Lipinski definition) is 3. The summed E-state index contributed by atoms with van der Waals surface area (Å²) in [7, 11) is 0. The van der Waals surface area contributed by atoms with Gasteiger partial charge in [-0.15, -0.1) is 0 Å². The van der Waals surface area contributed by atoms with E-state index in [1.807, 2.05) is 0 Å². The number of aliphatic hydroxyl groups excluding tert-OH is 2. The predicted molar refractivity (Wildman–Crippen MR) is 212 cm³/mol. The molecular formula is C44H87NO3. The predicted octanol–water partition coefficient (Wildman–Crippen LogP) is 13.5. The zero-order valence-corrected chi connectivity index (χ0v) is 32.8. The van der Waals surface area contributed by atoms with Gasteiger partial charge in [0.2, 0.25) is 5.91 Å². The molecule has 4 heteroatoms. The Labute approximate surface area is 301 Å². The fourth-order valence-corrected chi connectivity index (χ4v) is 6.89. The average Bonchev–Trinajstić information content (AvgIpc) is 3.09. The Hall–Kier alpha value is -0.870. The van der Waals surface area contributed by atoms with Gasteiger partial charge in [0.25, 0.3) is 0 Å². The average molecular weight is 678 g/mol. The van der Waals surface area contributed by atoms with Crippen molar-refractivity contribution in [2.75, 3.05) is 6.61 Å². The van der Waals surface area contributed by atoms with E-state index < -0.39 is 12.1 Å². The molecule has 0 aromatic carbocycles. The van der Waals surface area contributed by atoms with Crippen molar-refractivity contribution in [1.29, 1.82) is 0 Å². The fourth-order valence-electron chi connectivity index (χ4n) is 6.89. The number of rotatable bonds is 40. The van der Waals surface area contributed by atoms with E-state index >= 15 is 0 Å². The van der Waals surface area contributed by atoms with Gasteiger partial charge in [0, 0.05) is 6.42 Å². The molecule has 0 aromatic rings. The van der Waals surface area contributed by atoms with Gasteiger partial charge in [0.1, 0.15) is 0 Å². The van der Waals surface area contributed by atoms with E-state index in [2.05, 4.69) is 31.3 Å². The highest BCUT2D eigenvalue weighted by molar-refractivity contribution is 5.76. The summed E-state index contributed by atoms with van der Waals surface area (Å²) in [6.07, 6.45) is 50.0. The lowest BCUT2D eigenvalue weighted by molar-refractivity contribution is -0.123. The minimum atomic E-state index is -0.657. The Kier molecular flexibility index (Phi) is 39.8. The summed E-state index contributed by atoms with van der Waals surface area (Å²) in [5.74, 6) is -0.0333. The van der Waals surface area contributed by atoms with Gasteiger partial charge in [-0.05, 0) is 38.5 Å². The van der Waals surface area contributed by atoms with Crippen molar-refractivity contribution < 1.29 is 15.0 Å². The van der Waals surface area contributed by atoms with Crippen LogP contribution in [0.2, 0.25) is 0 Å². The van der Waals surface area contributed by atoms with Crippen LogP contribution in [0.3, 0.4) is 0 Å². The van der Waals surface area contributed by atoms with E-state index in [1.165, 1.54) is 193 Å². The van der Waals surface area contributed by atoms with Crippen LogP contribution >= 0.6 is 0 Å². The lowest BCUT2D eigenvalue weighted by atomic mass is 10.0. The van der Waals surface area contributed by atoms with Gasteiger partial charge >= 0.3 is 0 Å². The second-order valence-corrected chi connectivity index (χ2v) is 15.1. The molecule has 0 aromatic heterocycles. The third kappa shape index (κ3) is 36.4. The number of aliphatic hydroxyl groups is 2. The normalized spacial score (nSPS) is 13.0. The van der Waals surface area contributed by atoms with Gasteiger partial charge in [-0.1, -0.05) is 212 Å². The zero-order chi connectivity index (χ0) is 35.0. The van der Waals surface area contributed by atoms with Crippen LogP contribution in [0.15, 0.2) is 12.2 Å². The van der Waals surface area contributed by atoms with Crippen molar-refractivity contribution in [1.82, 2.24) is 5.32 Å². The van der Waals surface area contributed by atoms with Gasteiger partial charge in [-0.2, -0.15) is 0 Å². The third-order valence-corrected chi connectivity index (χ3v) is 10.3. The molecule has 4 nitrogen and oxygen atoms in total. The summed E-state index contributed by atoms with van der Waals surface area (Å²) in [5.41, 5.74) is 0. The Balaban J connectivity index is 3.49. The van der Waals surface area contributed by atoms with Crippen LogP contribution in [-0.2, 0) is 4.79 Å². The molecule has 1 amide bonds. The molecular weight excluding hydrogens is 590 g/mol. The highest BCUT2D eigenvalue weighted by Gasteiger charge is 2.20. The highest BCUT2D eigenvalue weighted by Crippen LogP contribution is 2.16. The molecule has 2 atom stereocenters. The number of nitrogens with one attached hydrogen (secondary N) is 1. The van der Waals surface area contributed by atoms with E-state index in [-0.39, 0.29) is 12.5 Å². The van der Waals surface area contributed by atoms with Crippen LogP contribution < -0.4 is 5.32 Å². The Bertz CT molecular complexity index is 651. The summed E-state index contributed by atoms with van der Waals surface area (Å²) in [6.45, 7) is 4.37. The highest BCUT2D eigenvalue weighted by atomic mass is 16.3. The molecule has 0 radical (unpaired) electrons. The number of amides is 1. The van der Waals surface area contributed by atoms with Crippen molar-refractivity contribution in [2.45, 2.75) is 257 Å². The summed E-state index contributed by atoms with van der Waals surface area (Å²) in [5, 5.41) is 23.1. The second-order valence-electron chi connectivity index (χ2n) is 15.1. The quantitative estimate of drug-likeness (QED) is 0.0446. The first-order chi connectivity index (χ1) is 23.7. The summed E-state index contributed by atoms with van der Waals surface area (Å²) in [6, 6.07) is -0.534. The lowest BCUT2D eigenvalue weighted by Gasteiger charge is -2.22. The number of carbonyl (C=O) groups is 1. The maximum Gasteiger partial charge on any atom is 0.220 e.